The van der Waals surface area contributed by atoms with E-state index in [0.717, 1.165) is 37.0 Å². The third kappa shape index (κ3) is 7.59. The van der Waals surface area contributed by atoms with E-state index in [9.17, 15) is 9.59 Å². The van der Waals surface area contributed by atoms with Gasteiger partial charge < -0.3 is 15.2 Å². The maximum atomic E-state index is 12.3. The van der Waals surface area contributed by atoms with Crippen LogP contribution in [0.3, 0.4) is 0 Å². The van der Waals surface area contributed by atoms with Crippen molar-refractivity contribution in [2.45, 2.75) is 64.3 Å². The minimum absolute atomic E-state index is 0.116. The highest BCUT2D eigenvalue weighted by Gasteiger charge is 2.18. The summed E-state index contributed by atoms with van der Waals surface area (Å²) in [5, 5.41) is 11.6. The van der Waals surface area contributed by atoms with Gasteiger partial charge in [0.2, 0.25) is 5.91 Å². The van der Waals surface area contributed by atoms with Gasteiger partial charge in [0.15, 0.2) is 0 Å². The summed E-state index contributed by atoms with van der Waals surface area (Å²) in [7, 11) is 0. The Labute approximate surface area is 149 Å². The second-order valence-electron chi connectivity index (χ2n) is 6.75. The number of nitrogens with one attached hydrogen (secondary N) is 1. The molecule has 138 valence electrons. The number of ether oxygens (including phenoxy) is 1. The van der Waals surface area contributed by atoms with Crippen LogP contribution in [-0.2, 0) is 16.1 Å². The molecule has 1 aromatic rings. The number of carboxylic acids is 1. The summed E-state index contributed by atoms with van der Waals surface area (Å²) in [5.74, 6) is 0.257. The van der Waals surface area contributed by atoms with Crippen molar-refractivity contribution in [2.75, 3.05) is 6.61 Å². The van der Waals surface area contributed by atoms with Gasteiger partial charge in [-0.2, -0.15) is 0 Å². The zero-order chi connectivity index (χ0) is 17.9. The standard InChI is InChI=1S/C20H29NO4/c22-19(23)9-6-14-25-18-12-10-16(11-13-18)15-21-20(24)17-7-4-2-1-3-5-8-17/h10-13,17H,1-9,14-15H2,(H,21,24)(H,22,23). The first-order valence-corrected chi connectivity index (χ1v) is 9.36. The molecule has 1 amide bonds. The molecule has 25 heavy (non-hydrogen) atoms. The number of benzene rings is 1. The lowest BCUT2D eigenvalue weighted by molar-refractivity contribution is -0.137. The molecule has 0 saturated heterocycles. The van der Waals surface area contributed by atoms with E-state index < -0.39 is 5.97 Å². The molecule has 0 aromatic heterocycles. The number of carbonyl (C=O) groups excluding carboxylic acids is 1. The Morgan fingerprint density at radius 3 is 2.32 bits per heavy atom. The lowest BCUT2D eigenvalue weighted by atomic mass is 9.90. The second kappa shape index (κ2) is 10.7. The molecule has 0 radical (unpaired) electrons. The molecular weight excluding hydrogens is 318 g/mol. The van der Waals surface area contributed by atoms with Crippen LogP contribution in [0.1, 0.15) is 63.4 Å². The summed E-state index contributed by atoms with van der Waals surface area (Å²) in [6.07, 6.45) is 8.75. The lowest BCUT2D eigenvalue weighted by Gasteiger charge is -2.19. The van der Waals surface area contributed by atoms with Gasteiger partial charge in [0.1, 0.15) is 5.75 Å². The van der Waals surface area contributed by atoms with Gasteiger partial charge in [-0.25, -0.2) is 0 Å². The first-order valence-electron chi connectivity index (χ1n) is 9.36. The highest BCUT2D eigenvalue weighted by molar-refractivity contribution is 5.78. The predicted molar refractivity (Wildman–Crippen MR) is 96.5 cm³/mol. The van der Waals surface area contributed by atoms with E-state index in [0.29, 0.717) is 19.6 Å². The van der Waals surface area contributed by atoms with Gasteiger partial charge in [-0.1, -0.05) is 44.2 Å². The van der Waals surface area contributed by atoms with Gasteiger partial charge in [-0.3, -0.25) is 9.59 Å². The molecule has 1 fully saturated rings. The Morgan fingerprint density at radius 2 is 1.68 bits per heavy atom. The fourth-order valence-electron chi connectivity index (χ4n) is 3.17. The van der Waals surface area contributed by atoms with E-state index >= 15 is 0 Å². The summed E-state index contributed by atoms with van der Waals surface area (Å²) < 4.78 is 5.51. The number of hydrogen-bond acceptors (Lipinski definition) is 3. The number of amides is 1. The molecule has 0 atom stereocenters. The van der Waals surface area contributed by atoms with E-state index in [2.05, 4.69) is 5.32 Å². The average molecular weight is 347 g/mol. The first kappa shape index (κ1) is 19.3. The number of carbonyl (C=O) groups is 2. The molecule has 0 aliphatic heterocycles. The molecule has 0 spiro atoms. The Kier molecular flexibility index (Phi) is 8.29. The topological polar surface area (TPSA) is 75.6 Å². The number of hydrogen-bond donors (Lipinski definition) is 2. The molecule has 1 aliphatic carbocycles. The summed E-state index contributed by atoms with van der Waals surface area (Å²) in [5.41, 5.74) is 1.04. The minimum atomic E-state index is -0.806. The SMILES string of the molecule is O=C(O)CCCOc1ccc(CNC(=O)C2CCCCCCC2)cc1. The van der Waals surface area contributed by atoms with Crippen LogP contribution in [0.15, 0.2) is 24.3 Å². The summed E-state index contributed by atoms with van der Waals surface area (Å²) in [4.78, 5) is 22.8. The predicted octanol–water partition coefficient (Wildman–Crippen LogP) is 3.91. The maximum absolute atomic E-state index is 12.3. The van der Waals surface area contributed by atoms with Crippen molar-refractivity contribution in [1.29, 1.82) is 0 Å². The van der Waals surface area contributed by atoms with E-state index in [1.807, 2.05) is 24.3 Å². The second-order valence-corrected chi connectivity index (χ2v) is 6.75. The highest BCUT2D eigenvalue weighted by atomic mass is 16.5. The third-order valence-electron chi connectivity index (χ3n) is 4.67. The van der Waals surface area contributed by atoms with Crippen molar-refractivity contribution in [3.8, 4) is 5.75 Å². The van der Waals surface area contributed by atoms with Crippen LogP contribution in [0.25, 0.3) is 0 Å². The van der Waals surface area contributed by atoms with Crippen molar-refractivity contribution in [2.24, 2.45) is 5.92 Å². The first-order chi connectivity index (χ1) is 12.1. The van der Waals surface area contributed by atoms with Crippen LogP contribution in [-0.4, -0.2) is 23.6 Å². The van der Waals surface area contributed by atoms with Crippen LogP contribution in [0, 0.1) is 5.92 Å². The molecule has 5 heteroatoms. The zero-order valence-corrected chi connectivity index (χ0v) is 14.8. The van der Waals surface area contributed by atoms with Gasteiger partial charge in [0.25, 0.3) is 0 Å². The molecule has 5 nitrogen and oxygen atoms in total. The minimum Gasteiger partial charge on any atom is -0.494 e. The normalized spacial score (nSPS) is 15.8. The monoisotopic (exact) mass is 347 g/mol. The maximum Gasteiger partial charge on any atom is 0.303 e. The van der Waals surface area contributed by atoms with Gasteiger partial charge in [-0.05, 0) is 37.0 Å². The van der Waals surface area contributed by atoms with Crippen LogP contribution in [0.2, 0.25) is 0 Å². The van der Waals surface area contributed by atoms with Crippen molar-refractivity contribution in [3.63, 3.8) is 0 Å². The largest absolute Gasteiger partial charge is 0.494 e. The molecule has 0 unspecified atom stereocenters. The quantitative estimate of drug-likeness (QED) is 0.699. The Bertz CT molecular complexity index is 533. The molecule has 1 saturated carbocycles. The molecule has 2 N–H and O–H groups in total. The fraction of sp³-hybridized carbons (Fsp3) is 0.600. The molecule has 1 aliphatic rings. The van der Waals surface area contributed by atoms with Crippen LogP contribution in [0.4, 0.5) is 0 Å². The van der Waals surface area contributed by atoms with Crippen molar-refractivity contribution < 1.29 is 19.4 Å². The van der Waals surface area contributed by atoms with Gasteiger partial charge >= 0.3 is 5.97 Å². The Balaban J connectivity index is 1.71. The van der Waals surface area contributed by atoms with Gasteiger partial charge in [0.05, 0.1) is 6.61 Å². The Hall–Kier alpha value is -2.04. The van der Waals surface area contributed by atoms with E-state index in [-0.39, 0.29) is 18.2 Å². The van der Waals surface area contributed by atoms with E-state index in [4.69, 9.17) is 9.84 Å². The van der Waals surface area contributed by atoms with Crippen molar-refractivity contribution in [3.05, 3.63) is 29.8 Å². The van der Waals surface area contributed by atoms with Gasteiger partial charge in [0, 0.05) is 18.9 Å². The molecule has 0 bridgehead atoms. The summed E-state index contributed by atoms with van der Waals surface area (Å²) in [6, 6.07) is 7.59. The molecule has 0 heterocycles. The molecular formula is C20H29NO4. The van der Waals surface area contributed by atoms with E-state index in [1.165, 1.54) is 19.3 Å². The number of aliphatic carboxylic acids is 1. The summed E-state index contributed by atoms with van der Waals surface area (Å²) >= 11 is 0. The van der Waals surface area contributed by atoms with Crippen molar-refractivity contribution >= 4 is 11.9 Å². The smallest absolute Gasteiger partial charge is 0.303 e. The number of rotatable bonds is 8. The van der Waals surface area contributed by atoms with E-state index in [1.54, 1.807) is 0 Å². The van der Waals surface area contributed by atoms with Gasteiger partial charge in [-0.15, -0.1) is 0 Å². The Morgan fingerprint density at radius 1 is 1.04 bits per heavy atom. The van der Waals surface area contributed by atoms with Crippen LogP contribution in [0.5, 0.6) is 5.75 Å². The number of carboxylic acid groups (broad SMARTS) is 1. The van der Waals surface area contributed by atoms with Crippen molar-refractivity contribution in [1.82, 2.24) is 5.32 Å². The zero-order valence-electron chi connectivity index (χ0n) is 14.8. The highest BCUT2D eigenvalue weighted by Crippen LogP contribution is 2.22. The van der Waals surface area contributed by atoms with Crippen LogP contribution < -0.4 is 10.1 Å². The molecule has 2 rings (SSSR count). The third-order valence-corrected chi connectivity index (χ3v) is 4.67. The summed E-state index contributed by atoms with van der Waals surface area (Å²) in [6.45, 7) is 0.929. The fourth-order valence-corrected chi connectivity index (χ4v) is 3.17. The lowest BCUT2D eigenvalue weighted by Crippen LogP contribution is -2.30. The average Bonchev–Trinajstić information content (AvgIpc) is 2.57. The van der Waals surface area contributed by atoms with Crippen LogP contribution >= 0.6 is 0 Å². The molecule has 1 aromatic carbocycles.